The zero-order valence-corrected chi connectivity index (χ0v) is 12.1. The van der Waals surface area contributed by atoms with Crippen LogP contribution in [0.25, 0.3) is 0 Å². The molecule has 2 rings (SSSR count). The number of amides is 1. The first kappa shape index (κ1) is 14.0. The van der Waals surface area contributed by atoms with E-state index in [0.29, 0.717) is 22.3 Å². The molecule has 1 saturated heterocycles. The van der Waals surface area contributed by atoms with E-state index in [1.165, 1.54) is 11.8 Å². The molecule has 0 aromatic heterocycles. The third-order valence-corrected chi connectivity index (χ3v) is 4.65. The van der Waals surface area contributed by atoms with Crippen LogP contribution in [0.4, 0.5) is 0 Å². The number of aliphatic hydroxyl groups excluding tert-OH is 1. The second-order valence-corrected chi connectivity index (χ2v) is 6.11. The number of rotatable bonds is 3. The molecule has 0 saturated carbocycles. The predicted octanol–water partition coefficient (Wildman–Crippen LogP) is 2.95. The van der Waals surface area contributed by atoms with Gasteiger partial charge >= 0.3 is 0 Å². The van der Waals surface area contributed by atoms with Gasteiger partial charge in [0.15, 0.2) is 0 Å². The van der Waals surface area contributed by atoms with Gasteiger partial charge in [0, 0.05) is 6.54 Å². The Labute approximate surface area is 120 Å². The first-order valence-electron chi connectivity index (χ1n) is 5.53. The summed E-state index contributed by atoms with van der Waals surface area (Å²) in [5.41, 5.74) is 0.931. The molecule has 0 spiro atoms. The van der Waals surface area contributed by atoms with Crippen LogP contribution in [0.2, 0.25) is 10.0 Å². The van der Waals surface area contributed by atoms with Gasteiger partial charge < -0.3 is 10.0 Å². The maximum absolute atomic E-state index is 11.8. The molecule has 1 heterocycles. The SMILES string of the molecule is C[C@@H](O)CN1C(=O)CS[C@H]1c1ccc(Cl)c(Cl)c1. The van der Waals surface area contributed by atoms with Crippen molar-refractivity contribution in [1.29, 1.82) is 0 Å². The van der Waals surface area contributed by atoms with E-state index in [-0.39, 0.29) is 11.3 Å². The number of benzene rings is 1. The summed E-state index contributed by atoms with van der Waals surface area (Å²) < 4.78 is 0. The van der Waals surface area contributed by atoms with Gasteiger partial charge in [0.2, 0.25) is 5.91 Å². The molecule has 18 heavy (non-hydrogen) atoms. The predicted molar refractivity (Wildman–Crippen MR) is 75.1 cm³/mol. The highest BCUT2D eigenvalue weighted by Gasteiger charge is 2.33. The lowest BCUT2D eigenvalue weighted by molar-refractivity contribution is -0.129. The third kappa shape index (κ3) is 2.94. The molecule has 2 atom stereocenters. The van der Waals surface area contributed by atoms with Gasteiger partial charge in [-0.1, -0.05) is 29.3 Å². The summed E-state index contributed by atoms with van der Waals surface area (Å²) in [6, 6.07) is 5.36. The number of aliphatic hydroxyl groups is 1. The Kier molecular flexibility index (Phi) is 4.43. The quantitative estimate of drug-likeness (QED) is 0.933. The zero-order valence-electron chi connectivity index (χ0n) is 9.77. The highest BCUT2D eigenvalue weighted by molar-refractivity contribution is 8.00. The van der Waals surface area contributed by atoms with E-state index < -0.39 is 6.10 Å². The van der Waals surface area contributed by atoms with Crippen molar-refractivity contribution in [3.63, 3.8) is 0 Å². The van der Waals surface area contributed by atoms with Crippen LogP contribution in [0.1, 0.15) is 17.9 Å². The highest BCUT2D eigenvalue weighted by Crippen LogP contribution is 2.40. The van der Waals surface area contributed by atoms with E-state index in [1.807, 2.05) is 6.07 Å². The molecule has 1 N–H and O–H groups in total. The van der Waals surface area contributed by atoms with Crippen molar-refractivity contribution in [2.45, 2.75) is 18.4 Å². The Bertz CT molecular complexity index is 467. The Morgan fingerprint density at radius 1 is 1.50 bits per heavy atom. The van der Waals surface area contributed by atoms with Gasteiger partial charge in [-0.15, -0.1) is 11.8 Å². The number of hydrogen-bond acceptors (Lipinski definition) is 3. The number of thioether (sulfide) groups is 1. The first-order valence-corrected chi connectivity index (χ1v) is 7.33. The third-order valence-electron chi connectivity index (χ3n) is 2.66. The van der Waals surface area contributed by atoms with Crippen molar-refractivity contribution in [2.24, 2.45) is 0 Å². The lowest BCUT2D eigenvalue weighted by Crippen LogP contribution is -2.34. The fourth-order valence-corrected chi connectivity index (χ4v) is 3.37. The van der Waals surface area contributed by atoms with Crippen LogP contribution in [0, 0.1) is 0 Å². The van der Waals surface area contributed by atoms with E-state index in [2.05, 4.69) is 0 Å². The Morgan fingerprint density at radius 3 is 2.83 bits per heavy atom. The summed E-state index contributed by atoms with van der Waals surface area (Å²) in [7, 11) is 0. The minimum atomic E-state index is -0.544. The summed E-state index contributed by atoms with van der Waals surface area (Å²) in [6.45, 7) is 2.00. The molecule has 0 radical (unpaired) electrons. The molecule has 1 aromatic carbocycles. The smallest absolute Gasteiger partial charge is 0.233 e. The molecular weight excluding hydrogens is 293 g/mol. The summed E-state index contributed by atoms with van der Waals surface area (Å²) in [5, 5.41) is 10.3. The fraction of sp³-hybridized carbons (Fsp3) is 0.417. The molecule has 1 aliphatic rings. The number of β-amino-alcohol motifs (C(OH)–C–C–N with tert-alkyl or cyclic N) is 1. The molecular formula is C12H13Cl2NO2S. The minimum Gasteiger partial charge on any atom is -0.392 e. The van der Waals surface area contributed by atoms with Crippen LogP contribution in [0.15, 0.2) is 18.2 Å². The Balaban J connectivity index is 2.25. The Hall–Kier alpha value is -0.420. The number of carbonyl (C=O) groups is 1. The lowest BCUT2D eigenvalue weighted by atomic mass is 10.2. The van der Waals surface area contributed by atoms with Gasteiger partial charge in [-0.2, -0.15) is 0 Å². The Morgan fingerprint density at radius 2 is 2.22 bits per heavy atom. The molecule has 0 bridgehead atoms. The molecule has 3 nitrogen and oxygen atoms in total. The molecule has 6 heteroatoms. The maximum atomic E-state index is 11.8. The molecule has 98 valence electrons. The zero-order chi connectivity index (χ0) is 13.3. The second-order valence-electron chi connectivity index (χ2n) is 4.23. The fourth-order valence-electron chi connectivity index (χ4n) is 1.88. The standard InChI is InChI=1S/C12H13Cl2NO2S/c1-7(16)5-15-11(17)6-18-12(15)8-2-3-9(13)10(14)4-8/h2-4,7,12,16H,5-6H2,1H3/t7-,12+/m1/s1. The summed E-state index contributed by atoms with van der Waals surface area (Å²) in [5.74, 6) is 0.467. The van der Waals surface area contributed by atoms with Crippen molar-refractivity contribution >= 4 is 40.9 Å². The minimum absolute atomic E-state index is 0.0389. The van der Waals surface area contributed by atoms with Gasteiger partial charge in [-0.25, -0.2) is 0 Å². The van der Waals surface area contributed by atoms with Crippen molar-refractivity contribution in [3.05, 3.63) is 33.8 Å². The van der Waals surface area contributed by atoms with Crippen molar-refractivity contribution in [1.82, 2.24) is 4.90 Å². The molecule has 1 aliphatic heterocycles. The lowest BCUT2D eigenvalue weighted by Gasteiger charge is -2.25. The summed E-state index contributed by atoms with van der Waals surface area (Å²) >= 11 is 13.4. The van der Waals surface area contributed by atoms with Crippen LogP contribution >= 0.6 is 35.0 Å². The summed E-state index contributed by atoms with van der Waals surface area (Å²) in [6.07, 6.45) is -0.544. The number of hydrogen-bond donors (Lipinski definition) is 1. The van der Waals surface area contributed by atoms with Crippen LogP contribution in [-0.4, -0.2) is 34.3 Å². The van der Waals surface area contributed by atoms with Gasteiger partial charge in [0.1, 0.15) is 5.37 Å². The molecule has 1 aromatic rings. The van der Waals surface area contributed by atoms with E-state index in [0.717, 1.165) is 5.56 Å². The number of nitrogens with zero attached hydrogens (tertiary/aromatic N) is 1. The molecule has 0 unspecified atom stereocenters. The normalized spacial score (nSPS) is 21.4. The first-order chi connectivity index (χ1) is 8.49. The number of carbonyl (C=O) groups excluding carboxylic acids is 1. The van der Waals surface area contributed by atoms with Crippen molar-refractivity contribution in [2.75, 3.05) is 12.3 Å². The van der Waals surface area contributed by atoms with Crippen molar-refractivity contribution < 1.29 is 9.90 Å². The van der Waals surface area contributed by atoms with Gasteiger partial charge in [0.05, 0.1) is 21.9 Å². The van der Waals surface area contributed by atoms with Crippen LogP contribution in [-0.2, 0) is 4.79 Å². The van der Waals surface area contributed by atoms with Crippen LogP contribution < -0.4 is 0 Å². The highest BCUT2D eigenvalue weighted by atomic mass is 35.5. The maximum Gasteiger partial charge on any atom is 0.233 e. The second kappa shape index (κ2) is 5.70. The average molecular weight is 306 g/mol. The average Bonchev–Trinajstić information content (AvgIpc) is 2.64. The summed E-state index contributed by atoms with van der Waals surface area (Å²) in [4.78, 5) is 13.5. The monoisotopic (exact) mass is 305 g/mol. The van der Waals surface area contributed by atoms with Crippen LogP contribution in [0.3, 0.4) is 0 Å². The topological polar surface area (TPSA) is 40.5 Å². The molecule has 1 fully saturated rings. The van der Waals surface area contributed by atoms with Gasteiger partial charge in [-0.3, -0.25) is 4.79 Å². The van der Waals surface area contributed by atoms with Crippen LogP contribution in [0.5, 0.6) is 0 Å². The van der Waals surface area contributed by atoms with E-state index in [4.69, 9.17) is 23.2 Å². The van der Waals surface area contributed by atoms with Crippen molar-refractivity contribution in [3.8, 4) is 0 Å². The largest absolute Gasteiger partial charge is 0.392 e. The van der Waals surface area contributed by atoms with E-state index in [9.17, 15) is 9.90 Å². The molecule has 1 amide bonds. The number of halogens is 2. The van der Waals surface area contributed by atoms with E-state index >= 15 is 0 Å². The molecule has 0 aliphatic carbocycles. The van der Waals surface area contributed by atoms with Gasteiger partial charge in [0.25, 0.3) is 0 Å². The van der Waals surface area contributed by atoms with E-state index in [1.54, 1.807) is 24.0 Å². The van der Waals surface area contributed by atoms with Gasteiger partial charge in [-0.05, 0) is 24.6 Å².